The van der Waals surface area contributed by atoms with E-state index < -0.39 is 0 Å². The van der Waals surface area contributed by atoms with Gasteiger partial charge in [-0.25, -0.2) is 0 Å². The predicted octanol–water partition coefficient (Wildman–Crippen LogP) is 8.06. The zero-order valence-electron chi connectivity index (χ0n) is 19.8. The molecular weight excluding hydrogens is 449 g/mol. The summed E-state index contributed by atoms with van der Waals surface area (Å²) in [6.45, 7) is 1.85. The first-order valence-corrected chi connectivity index (χ1v) is 11.3. The van der Waals surface area contributed by atoms with E-state index in [-0.39, 0.29) is 22.9 Å². The van der Waals surface area contributed by atoms with Crippen molar-refractivity contribution >= 4 is 58.0 Å². The third-order valence-corrected chi connectivity index (χ3v) is 5.93. The topological polar surface area (TPSA) is 93.1 Å². The summed E-state index contributed by atoms with van der Waals surface area (Å²) in [7, 11) is 7.53. The number of aromatic hydroxyl groups is 2. The smallest absolute Gasteiger partial charge is 0.226 e. The highest BCUT2D eigenvalue weighted by molar-refractivity contribution is 6.18. The molecule has 174 valence electrons. The molecule has 5 aromatic rings. The zero-order valence-corrected chi connectivity index (χ0v) is 19.8. The average molecular weight is 471 g/mol. The predicted molar refractivity (Wildman–Crippen MR) is 145 cm³/mol. The van der Waals surface area contributed by atoms with Crippen LogP contribution in [0, 0.1) is 6.92 Å². The molecule has 8 heteroatoms. The first kappa shape index (κ1) is 23.0. The molecule has 0 saturated heterocycles. The standard InChI is InChI=1S/C28H22BN5O2/c1-17-13-26(33-31-24-12-9-19-8-11-22(34(2)29)15-23(19)28(24)36)27(35)16-25(17)32-30-21-10-7-18-5-3-4-6-20(18)14-21/h3-16,35-36H,1-2H3. The third-order valence-electron chi connectivity index (χ3n) is 5.93. The molecule has 5 rings (SSSR count). The van der Waals surface area contributed by atoms with Gasteiger partial charge in [-0.15, -0.1) is 10.2 Å². The summed E-state index contributed by atoms with van der Waals surface area (Å²) in [5.74, 6) is -0.110. The molecule has 36 heavy (non-hydrogen) atoms. The summed E-state index contributed by atoms with van der Waals surface area (Å²) in [4.78, 5) is 1.47. The first-order chi connectivity index (χ1) is 17.4. The minimum atomic E-state index is -0.0934. The van der Waals surface area contributed by atoms with Gasteiger partial charge < -0.3 is 15.0 Å². The quantitative estimate of drug-likeness (QED) is 0.201. The van der Waals surface area contributed by atoms with E-state index in [4.69, 9.17) is 7.98 Å². The van der Waals surface area contributed by atoms with Crippen LogP contribution in [0.4, 0.5) is 28.4 Å². The van der Waals surface area contributed by atoms with E-state index in [9.17, 15) is 10.2 Å². The van der Waals surface area contributed by atoms with Crippen LogP contribution in [0.15, 0.2) is 105 Å². The van der Waals surface area contributed by atoms with Crippen molar-refractivity contribution in [2.24, 2.45) is 20.5 Å². The molecule has 0 heterocycles. The third kappa shape index (κ3) is 4.61. The Morgan fingerprint density at radius 3 is 2.17 bits per heavy atom. The summed E-state index contributed by atoms with van der Waals surface area (Å²) in [5, 5.41) is 41.9. The van der Waals surface area contributed by atoms with Gasteiger partial charge in [0.05, 0.1) is 11.4 Å². The van der Waals surface area contributed by atoms with Gasteiger partial charge in [-0.2, -0.15) is 10.2 Å². The van der Waals surface area contributed by atoms with Crippen LogP contribution in [0.1, 0.15) is 5.56 Å². The van der Waals surface area contributed by atoms with E-state index in [1.54, 1.807) is 25.2 Å². The average Bonchev–Trinajstić information content (AvgIpc) is 2.88. The number of anilines is 1. The summed E-state index contributed by atoms with van der Waals surface area (Å²) in [5.41, 5.74) is 3.28. The Balaban J connectivity index is 1.41. The lowest BCUT2D eigenvalue weighted by Gasteiger charge is -2.14. The first-order valence-electron chi connectivity index (χ1n) is 11.3. The molecule has 0 amide bonds. The molecule has 0 aliphatic carbocycles. The molecule has 0 atom stereocenters. The number of benzene rings is 5. The number of fused-ring (bicyclic) bond motifs is 2. The van der Waals surface area contributed by atoms with Gasteiger partial charge in [-0.1, -0.05) is 42.5 Å². The molecule has 5 aromatic carbocycles. The monoisotopic (exact) mass is 471 g/mol. The van der Waals surface area contributed by atoms with Crippen LogP contribution in [0.2, 0.25) is 0 Å². The van der Waals surface area contributed by atoms with Gasteiger partial charge in [0.2, 0.25) is 7.98 Å². The van der Waals surface area contributed by atoms with Crippen LogP contribution in [0.3, 0.4) is 0 Å². The molecule has 0 fully saturated rings. The van der Waals surface area contributed by atoms with Gasteiger partial charge in [0, 0.05) is 17.1 Å². The minimum absolute atomic E-state index is 0.0167. The summed E-state index contributed by atoms with van der Waals surface area (Å²) >= 11 is 0. The maximum atomic E-state index is 10.7. The molecule has 0 aliphatic heterocycles. The molecule has 0 aliphatic rings. The Bertz CT molecular complexity index is 1660. The molecule has 7 nitrogen and oxygen atoms in total. The van der Waals surface area contributed by atoms with Crippen LogP contribution in [-0.2, 0) is 0 Å². The fourth-order valence-corrected chi connectivity index (χ4v) is 3.90. The molecule has 0 spiro atoms. The maximum Gasteiger partial charge on any atom is 0.226 e. The fourth-order valence-electron chi connectivity index (χ4n) is 3.90. The van der Waals surface area contributed by atoms with Crippen molar-refractivity contribution in [3.05, 3.63) is 90.5 Å². The van der Waals surface area contributed by atoms with Gasteiger partial charge in [0.1, 0.15) is 17.1 Å². The number of rotatable bonds is 5. The lowest BCUT2D eigenvalue weighted by Crippen LogP contribution is -2.10. The van der Waals surface area contributed by atoms with Crippen molar-refractivity contribution in [2.75, 3.05) is 11.9 Å². The fraction of sp³-hybridized carbons (Fsp3) is 0.0714. The number of aryl methyl sites for hydroxylation is 1. The number of phenolic OH excluding ortho intramolecular Hbond substituents is 2. The van der Waals surface area contributed by atoms with Crippen LogP contribution >= 0.6 is 0 Å². The normalized spacial score (nSPS) is 11.7. The van der Waals surface area contributed by atoms with Crippen LogP contribution in [0.25, 0.3) is 21.5 Å². The van der Waals surface area contributed by atoms with E-state index in [0.717, 1.165) is 27.4 Å². The Morgan fingerprint density at radius 2 is 1.36 bits per heavy atom. The molecule has 2 radical (unpaired) electrons. The molecule has 2 N–H and O–H groups in total. The highest BCUT2D eigenvalue weighted by atomic mass is 16.3. The van der Waals surface area contributed by atoms with E-state index in [2.05, 4.69) is 20.5 Å². The zero-order chi connectivity index (χ0) is 25.2. The Kier molecular flexibility index (Phi) is 6.08. The number of hydrogen-bond donors (Lipinski definition) is 2. The number of azo groups is 2. The SMILES string of the molecule is [B]N(C)c1ccc2ccc(N=Nc3cc(C)c(N=Nc4ccc5ccccc5c4)cc3O)c(O)c2c1. The second kappa shape index (κ2) is 9.50. The van der Waals surface area contributed by atoms with Gasteiger partial charge in [0.15, 0.2) is 5.75 Å². The largest absolute Gasteiger partial charge is 0.506 e. The van der Waals surface area contributed by atoms with E-state index in [1.807, 2.05) is 67.6 Å². The van der Waals surface area contributed by atoms with Crippen molar-refractivity contribution in [3.63, 3.8) is 0 Å². The summed E-state index contributed by atoms with van der Waals surface area (Å²) in [6.07, 6.45) is 0. The van der Waals surface area contributed by atoms with Crippen molar-refractivity contribution < 1.29 is 10.2 Å². The second-order valence-electron chi connectivity index (χ2n) is 8.51. The van der Waals surface area contributed by atoms with Crippen molar-refractivity contribution in [1.82, 2.24) is 0 Å². The number of phenols is 2. The Hall–Kier alpha value is -4.72. The van der Waals surface area contributed by atoms with Gasteiger partial charge >= 0.3 is 0 Å². The molecule has 0 saturated carbocycles. The summed E-state index contributed by atoms with van der Waals surface area (Å²) < 4.78 is 0. The molecular formula is C28H22BN5O2. The van der Waals surface area contributed by atoms with Gasteiger partial charge in [0.25, 0.3) is 0 Å². The number of nitrogens with zero attached hydrogens (tertiary/aromatic N) is 5. The van der Waals surface area contributed by atoms with Crippen LogP contribution < -0.4 is 4.81 Å². The Labute approximate surface area is 209 Å². The van der Waals surface area contributed by atoms with Crippen LogP contribution in [-0.4, -0.2) is 25.2 Å². The Morgan fingerprint density at radius 1 is 0.667 bits per heavy atom. The van der Waals surface area contributed by atoms with Crippen molar-refractivity contribution in [1.29, 1.82) is 0 Å². The highest BCUT2D eigenvalue weighted by Crippen LogP contribution is 2.39. The van der Waals surface area contributed by atoms with Crippen molar-refractivity contribution in [2.45, 2.75) is 6.92 Å². The summed E-state index contributed by atoms with van der Waals surface area (Å²) in [6, 6.07) is 26.1. The van der Waals surface area contributed by atoms with E-state index in [0.29, 0.717) is 16.8 Å². The van der Waals surface area contributed by atoms with E-state index in [1.165, 1.54) is 10.9 Å². The van der Waals surface area contributed by atoms with E-state index >= 15 is 0 Å². The number of hydrogen-bond acceptors (Lipinski definition) is 7. The second-order valence-corrected chi connectivity index (χ2v) is 8.51. The lowest BCUT2D eigenvalue weighted by molar-refractivity contribution is 0.475. The van der Waals surface area contributed by atoms with Crippen molar-refractivity contribution in [3.8, 4) is 11.5 Å². The van der Waals surface area contributed by atoms with Gasteiger partial charge in [-0.3, -0.25) is 0 Å². The molecule has 0 unspecified atom stereocenters. The molecule has 0 bridgehead atoms. The van der Waals surface area contributed by atoms with Gasteiger partial charge in [-0.05, 0) is 72.1 Å². The minimum Gasteiger partial charge on any atom is -0.506 e. The maximum absolute atomic E-state index is 10.7. The van der Waals surface area contributed by atoms with Crippen LogP contribution in [0.5, 0.6) is 11.5 Å². The lowest BCUT2D eigenvalue weighted by atomic mass is 10.1. The molecule has 0 aromatic heterocycles. The highest BCUT2D eigenvalue weighted by Gasteiger charge is 2.10.